The van der Waals surface area contributed by atoms with Gasteiger partial charge in [-0.2, -0.15) is 0 Å². The summed E-state index contributed by atoms with van der Waals surface area (Å²) in [5.41, 5.74) is 0.718. The highest BCUT2D eigenvalue weighted by Crippen LogP contribution is 2.27. The van der Waals surface area contributed by atoms with Crippen molar-refractivity contribution < 1.29 is 14.8 Å². The van der Waals surface area contributed by atoms with E-state index in [-0.39, 0.29) is 22.3 Å². The number of allylic oxidation sites excluding steroid dienone is 1. The average Bonchev–Trinajstić information content (AvgIpc) is 2.27. The Morgan fingerprint density at radius 2 is 2.22 bits per heavy atom. The molecular formula is C13H17NO4. The molecule has 0 amide bonds. The topological polar surface area (TPSA) is 72.6 Å². The Hall–Kier alpha value is -2.04. The summed E-state index contributed by atoms with van der Waals surface area (Å²) in [6.07, 6.45) is 1.86. The van der Waals surface area contributed by atoms with Gasteiger partial charge in [-0.1, -0.05) is 19.9 Å². The summed E-state index contributed by atoms with van der Waals surface area (Å²) in [6, 6.07) is 4.69. The normalized spacial score (nSPS) is 11.7. The number of hydrogen-bond acceptors (Lipinski definition) is 4. The van der Waals surface area contributed by atoms with E-state index in [4.69, 9.17) is 4.74 Å². The second-order valence-corrected chi connectivity index (χ2v) is 4.42. The number of ether oxygens (including phenoxy) is 1. The van der Waals surface area contributed by atoms with Gasteiger partial charge in [-0.15, -0.1) is 0 Å². The number of rotatable bonds is 5. The first-order valence-electron chi connectivity index (χ1n) is 5.66. The van der Waals surface area contributed by atoms with Gasteiger partial charge in [-0.05, 0) is 23.6 Å². The number of benzene rings is 1. The minimum atomic E-state index is -0.388. The zero-order chi connectivity index (χ0) is 13.7. The molecule has 0 saturated heterocycles. The average molecular weight is 251 g/mol. The molecule has 98 valence electrons. The van der Waals surface area contributed by atoms with Crippen molar-refractivity contribution >= 4 is 6.08 Å². The lowest BCUT2D eigenvalue weighted by atomic mass is 10.1. The van der Waals surface area contributed by atoms with Crippen LogP contribution in [0, 0.1) is 16.0 Å². The fourth-order valence-corrected chi connectivity index (χ4v) is 1.59. The summed E-state index contributed by atoms with van der Waals surface area (Å²) in [4.78, 5) is 10.5. The van der Waals surface area contributed by atoms with Crippen LogP contribution in [0.5, 0.6) is 11.5 Å². The molecule has 1 N–H and O–H groups in total. The summed E-state index contributed by atoms with van der Waals surface area (Å²) in [5, 5.41) is 20.5. The van der Waals surface area contributed by atoms with Crippen LogP contribution in [0.15, 0.2) is 23.9 Å². The molecule has 5 heteroatoms. The first-order chi connectivity index (χ1) is 8.43. The van der Waals surface area contributed by atoms with Crippen molar-refractivity contribution in [2.75, 3.05) is 7.11 Å². The van der Waals surface area contributed by atoms with Crippen LogP contribution in [0.4, 0.5) is 0 Å². The van der Waals surface area contributed by atoms with Crippen LogP contribution in [-0.4, -0.2) is 17.1 Å². The summed E-state index contributed by atoms with van der Waals surface area (Å²) < 4.78 is 4.91. The van der Waals surface area contributed by atoms with Crippen molar-refractivity contribution in [2.24, 2.45) is 5.92 Å². The van der Waals surface area contributed by atoms with Gasteiger partial charge in [0.1, 0.15) is 0 Å². The Morgan fingerprint density at radius 3 is 2.67 bits per heavy atom. The van der Waals surface area contributed by atoms with E-state index in [9.17, 15) is 15.2 Å². The molecule has 0 radical (unpaired) electrons. The maximum atomic E-state index is 10.9. The van der Waals surface area contributed by atoms with Crippen LogP contribution in [0.3, 0.4) is 0 Å². The summed E-state index contributed by atoms with van der Waals surface area (Å²) in [5.74, 6) is 0.519. The SMILES string of the molecule is COc1ccc(/C=C(/CC(C)C)[N+](=O)[O-])cc1O. The molecule has 0 aliphatic carbocycles. The quantitative estimate of drug-likeness (QED) is 0.644. The van der Waals surface area contributed by atoms with Crippen LogP contribution < -0.4 is 4.74 Å². The van der Waals surface area contributed by atoms with Crippen LogP contribution in [-0.2, 0) is 0 Å². The molecule has 0 fully saturated rings. The number of phenols is 1. The van der Waals surface area contributed by atoms with Crippen molar-refractivity contribution in [3.63, 3.8) is 0 Å². The molecule has 0 atom stereocenters. The Morgan fingerprint density at radius 1 is 1.56 bits per heavy atom. The molecule has 18 heavy (non-hydrogen) atoms. The molecule has 5 nitrogen and oxygen atoms in total. The number of nitro groups is 1. The molecule has 1 aromatic rings. The van der Waals surface area contributed by atoms with Gasteiger partial charge >= 0.3 is 0 Å². The summed E-state index contributed by atoms with van der Waals surface area (Å²) in [6.45, 7) is 3.84. The minimum absolute atomic E-state index is 0.0292. The van der Waals surface area contributed by atoms with Crippen molar-refractivity contribution in [3.8, 4) is 11.5 Å². The maximum absolute atomic E-state index is 10.9. The third-order valence-corrected chi connectivity index (χ3v) is 2.39. The minimum Gasteiger partial charge on any atom is -0.504 e. The lowest BCUT2D eigenvalue weighted by Gasteiger charge is -2.05. The molecular weight excluding hydrogens is 234 g/mol. The third kappa shape index (κ3) is 3.76. The van der Waals surface area contributed by atoms with E-state index in [0.717, 1.165) is 0 Å². The zero-order valence-electron chi connectivity index (χ0n) is 10.7. The van der Waals surface area contributed by atoms with Crippen molar-refractivity contribution in [1.29, 1.82) is 0 Å². The molecule has 1 rings (SSSR count). The molecule has 0 spiro atoms. The van der Waals surface area contributed by atoms with Gasteiger partial charge in [0.2, 0.25) is 5.70 Å². The van der Waals surface area contributed by atoms with Gasteiger partial charge in [-0.3, -0.25) is 10.1 Å². The van der Waals surface area contributed by atoms with Crippen molar-refractivity contribution in [1.82, 2.24) is 0 Å². The maximum Gasteiger partial charge on any atom is 0.247 e. The molecule has 0 unspecified atom stereocenters. The number of aromatic hydroxyl groups is 1. The zero-order valence-corrected chi connectivity index (χ0v) is 10.7. The Kier molecular flexibility index (Phi) is 4.71. The molecule has 0 aliphatic heterocycles. The van der Waals surface area contributed by atoms with E-state index in [1.165, 1.54) is 19.3 Å². The van der Waals surface area contributed by atoms with E-state index < -0.39 is 0 Å². The van der Waals surface area contributed by atoms with E-state index in [1.54, 1.807) is 12.1 Å². The predicted octanol–water partition coefficient (Wildman–Crippen LogP) is 3.06. The molecule has 0 aromatic heterocycles. The highest BCUT2D eigenvalue weighted by atomic mass is 16.6. The van der Waals surface area contributed by atoms with E-state index >= 15 is 0 Å². The van der Waals surface area contributed by atoms with E-state index in [1.807, 2.05) is 13.8 Å². The number of hydrogen-bond donors (Lipinski definition) is 1. The highest BCUT2D eigenvalue weighted by Gasteiger charge is 2.13. The van der Waals surface area contributed by atoms with E-state index in [2.05, 4.69) is 0 Å². The standard InChI is InChI=1S/C13H17NO4/c1-9(2)6-11(14(16)17)7-10-4-5-13(18-3)12(15)8-10/h4-5,7-9,15H,6H2,1-3H3/b11-7-. The predicted molar refractivity (Wildman–Crippen MR) is 69.1 cm³/mol. The van der Waals surface area contributed by atoms with Crippen LogP contribution in [0.1, 0.15) is 25.8 Å². The summed E-state index contributed by atoms with van der Waals surface area (Å²) >= 11 is 0. The number of methoxy groups -OCH3 is 1. The molecule has 0 saturated carbocycles. The van der Waals surface area contributed by atoms with Gasteiger partial charge in [-0.25, -0.2) is 0 Å². The summed E-state index contributed by atoms with van der Waals surface area (Å²) in [7, 11) is 1.45. The third-order valence-electron chi connectivity index (χ3n) is 2.39. The fourth-order valence-electron chi connectivity index (χ4n) is 1.59. The van der Waals surface area contributed by atoms with Crippen molar-refractivity contribution in [2.45, 2.75) is 20.3 Å². The lowest BCUT2D eigenvalue weighted by Crippen LogP contribution is -2.02. The first-order valence-corrected chi connectivity index (χ1v) is 5.66. The largest absolute Gasteiger partial charge is 0.504 e. The van der Waals surface area contributed by atoms with Gasteiger partial charge < -0.3 is 9.84 Å². The highest BCUT2D eigenvalue weighted by molar-refractivity contribution is 5.56. The first kappa shape index (κ1) is 14.0. The lowest BCUT2D eigenvalue weighted by molar-refractivity contribution is -0.427. The van der Waals surface area contributed by atoms with Crippen molar-refractivity contribution in [3.05, 3.63) is 39.6 Å². The number of nitrogens with zero attached hydrogens (tertiary/aromatic N) is 1. The van der Waals surface area contributed by atoms with Gasteiger partial charge in [0.05, 0.1) is 12.0 Å². The number of phenolic OH excluding ortho intramolecular Hbond substituents is 1. The van der Waals surface area contributed by atoms with E-state index in [0.29, 0.717) is 17.7 Å². The molecule has 0 heterocycles. The second-order valence-electron chi connectivity index (χ2n) is 4.42. The molecule has 0 bridgehead atoms. The Balaban J connectivity index is 3.04. The van der Waals surface area contributed by atoms with Crippen LogP contribution >= 0.6 is 0 Å². The second kappa shape index (κ2) is 6.05. The van der Waals surface area contributed by atoms with Gasteiger partial charge in [0.25, 0.3) is 0 Å². The smallest absolute Gasteiger partial charge is 0.247 e. The van der Waals surface area contributed by atoms with Gasteiger partial charge in [0, 0.05) is 12.5 Å². The Labute approximate surface area is 106 Å². The fraction of sp³-hybridized carbons (Fsp3) is 0.385. The van der Waals surface area contributed by atoms with Gasteiger partial charge in [0.15, 0.2) is 11.5 Å². The van der Waals surface area contributed by atoms with Crippen LogP contribution in [0.25, 0.3) is 6.08 Å². The Bertz CT molecular complexity index is 466. The molecule has 1 aromatic carbocycles. The van der Waals surface area contributed by atoms with Crippen LogP contribution in [0.2, 0.25) is 0 Å². The molecule has 0 aliphatic rings. The monoisotopic (exact) mass is 251 g/mol.